The lowest BCUT2D eigenvalue weighted by Crippen LogP contribution is -2.02. The third kappa shape index (κ3) is 2.70. The van der Waals surface area contributed by atoms with Gasteiger partial charge in [0.05, 0.1) is 18.5 Å². The number of anilines is 3. The number of rotatable bonds is 3. The molecule has 0 aliphatic heterocycles. The molecule has 0 saturated carbocycles. The van der Waals surface area contributed by atoms with Crippen molar-refractivity contribution in [2.24, 2.45) is 0 Å². The zero-order chi connectivity index (χ0) is 14.0. The van der Waals surface area contributed by atoms with Gasteiger partial charge in [-0.05, 0) is 12.1 Å². The minimum Gasteiger partial charge on any atom is -0.479 e. The van der Waals surface area contributed by atoms with E-state index in [1.807, 2.05) is 0 Å². The molecule has 0 unspecified atom stereocenters. The van der Waals surface area contributed by atoms with Crippen molar-refractivity contribution < 1.29 is 17.9 Å². The van der Waals surface area contributed by atoms with Gasteiger partial charge >= 0.3 is 0 Å². The van der Waals surface area contributed by atoms with E-state index in [0.29, 0.717) is 11.8 Å². The predicted molar refractivity (Wildman–Crippen MR) is 64.8 cm³/mol. The van der Waals surface area contributed by atoms with Gasteiger partial charge in [0.15, 0.2) is 11.6 Å². The highest BCUT2D eigenvalue weighted by Crippen LogP contribution is 2.25. The maximum atomic E-state index is 13.4. The summed E-state index contributed by atoms with van der Waals surface area (Å²) in [6.45, 7) is 0. The molecule has 2 rings (SSSR count). The summed E-state index contributed by atoms with van der Waals surface area (Å²) in [4.78, 5) is 3.92. The second kappa shape index (κ2) is 5.05. The van der Waals surface area contributed by atoms with Crippen LogP contribution in [0.4, 0.5) is 30.4 Å². The minimum absolute atomic E-state index is 0.127. The highest BCUT2D eigenvalue weighted by molar-refractivity contribution is 5.61. The molecule has 1 aromatic heterocycles. The highest BCUT2D eigenvalue weighted by atomic mass is 19.2. The first-order valence-electron chi connectivity index (χ1n) is 5.23. The van der Waals surface area contributed by atoms with E-state index in [1.165, 1.54) is 19.2 Å². The first-order valence-corrected chi connectivity index (χ1v) is 5.23. The van der Waals surface area contributed by atoms with Crippen molar-refractivity contribution in [3.63, 3.8) is 0 Å². The van der Waals surface area contributed by atoms with Crippen molar-refractivity contribution in [3.8, 4) is 5.88 Å². The lowest BCUT2D eigenvalue weighted by atomic mass is 10.2. The smallest absolute Gasteiger partial charge is 0.238 e. The second-order valence-electron chi connectivity index (χ2n) is 3.67. The SMILES string of the molecule is COc1nc(Nc2cc(F)cc(F)c2F)ccc1N. The normalized spacial score (nSPS) is 10.3. The number of hydrogen-bond donors (Lipinski definition) is 2. The van der Waals surface area contributed by atoms with Gasteiger partial charge < -0.3 is 15.8 Å². The Labute approximate surface area is 107 Å². The Morgan fingerprint density at radius 1 is 1.21 bits per heavy atom. The Morgan fingerprint density at radius 3 is 2.63 bits per heavy atom. The van der Waals surface area contributed by atoms with Crippen LogP contribution >= 0.6 is 0 Å². The molecule has 0 radical (unpaired) electrons. The van der Waals surface area contributed by atoms with Gasteiger partial charge in [-0.15, -0.1) is 0 Å². The summed E-state index contributed by atoms with van der Waals surface area (Å²) in [7, 11) is 1.37. The van der Waals surface area contributed by atoms with E-state index >= 15 is 0 Å². The number of halogens is 3. The van der Waals surface area contributed by atoms with E-state index in [1.54, 1.807) is 0 Å². The van der Waals surface area contributed by atoms with Crippen LogP contribution in [0.2, 0.25) is 0 Å². The van der Waals surface area contributed by atoms with Gasteiger partial charge in [0, 0.05) is 12.1 Å². The molecular weight excluding hydrogens is 259 g/mol. The van der Waals surface area contributed by atoms with E-state index in [0.717, 1.165) is 6.07 Å². The minimum atomic E-state index is -1.29. The Balaban J connectivity index is 2.36. The molecule has 0 aliphatic rings. The third-order valence-electron chi connectivity index (χ3n) is 2.34. The number of methoxy groups -OCH3 is 1. The zero-order valence-electron chi connectivity index (χ0n) is 9.88. The average molecular weight is 269 g/mol. The maximum absolute atomic E-state index is 13.4. The van der Waals surface area contributed by atoms with Crippen molar-refractivity contribution in [1.82, 2.24) is 4.98 Å². The van der Waals surface area contributed by atoms with E-state index in [4.69, 9.17) is 10.5 Å². The monoisotopic (exact) mass is 269 g/mol. The van der Waals surface area contributed by atoms with Crippen LogP contribution in [0, 0.1) is 17.5 Å². The van der Waals surface area contributed by atoms with Crippen molar-refractivity contribution >= 4 is 17.2 Å². The Bertz CT molecular complexity index is 619. The molecule has 0 aliphatic carbocycles. The molecule has 100 valence electrons. The van der Waals surface area contributed by atoms with E-state index in [-0.39, 0.29) is 17.4 Å². The predicted octanol–water partition coefficient (Wildman–Crippen LogP) is 2.83. The summed E-state index contributed by atoms with van der Waals surface area (Å²) in [6.07, 6.45) is 0. The number of pyridine rings is 1. The molecule has 0 saturated heterocycles. The number of aromatic nitrogens is 1. The van der Waals surface area contributed by atoms with E-state index in [9.17, 15) is 13.2 Å². The van der Waals surface area contributed by atoms with E-state index in [2.05, 4.69) is 10.3 Å². The fourth-order valence-corrected chi connectivity index (χ4v) is 1.47. The molecule has 19 heavy (non-hydrogen) atoms. The van der Waals surface area contributed by atoms with Crippen LogP contribution in [0.25, 0.3) is 0 Å². The first kappa shape index (κ1) is 13.0. The topological polar surface area (TPSA) is 60.2 Å². The number of ether oxygens (including phenoxy) is 1. The van der Waals surface area contributed by atoms with Gasteiger partial charge in [0.25, 0.3) is 0 Å². The number of benzene rings is 1. The molecule has 2 aromatic rings. The summed E-state index contributed by atoms with van der Waals surface area (Å²) in [6, 6.07) is 4.18. The van der Waals surface area contributed by atoms with Crippen molar-refractivity contribution in [2.45, 2.75) is 0 Å². The highest BCUT2D eigenvalue weighted by Gasteiger charge is 2.12. The zero-order valence-corrected chi connectivity index (χ0v) is 9.88. The summed E-state index contributed by atoms with van der Waals surface area (Å²) in [5.74, 6) is -3.11. The molecular formula is C12H10F3N3O. The van der Waals surface area contributed by atoms with Crippen LogP contribution in [0.5, 0.6) is 5.88 Å². The standard InChI is InChI=1S/C12H10F3N3O/c1-19-12-8(16)2-3-10(18-12)17-9-5-6(13)4-7(14)11(9)15/h2-5H,16H2,1H3,(H,17,18). The summed E-state index contributed by atoms with van der Waals surface area (Å²) in [5.41, 5.74) is 5.49. The van der Waals surface area contributed by atoms with Gasteiger partial charge in [-0.3, -0.25) is 0 Å². The number of nitrogens with one attached hydrogen (secondary N) is 1. The van der Waals surface area contributed by atoms with Gasteiger partial charge in [-0.25, -0.2) is 13.2 Å². The molecule has 0 spiro atoms. The van der Waals surface area contributed by atoms with Gasteiger partial charge in [0.2, 0.25) is 5.88 Å². The Morgan fingerprint density at radius 2 is 1.95 bits per heavy atom. The summed E-state index contributed by atoms with van der Waals surface area (Å²) >= 11 is 0. The van der Waals surface area contributed by atoms with Crippen LogP contribution in [-0.4, -0.2) is 12.1 Å². The molecule has 0 fully saturated rings. The number of hydrogen-bond acceptors (Lipinski definition) is 4. The van der Waals surface area contributed by atoms with Crippen molar-refractivity contribution in [3.05, 3.63) is 41.7 Å². The van der Waals surface area contributed by atoms with Gasteiger partial charge in [-0.2, -0.15) is 4.98 Å². The Kier molecular flexibility index (Phi) is 3.46. The molecule has 0 amide bonds. The molecule has 1 heterocycles. The van der Waals surface area contributed by atoms with E-state index < -0.39 is 17.5 Å². The average Bonchev–Trinajstić information content (AvgIpc) is 2.37. The van der Waals surface area contributed by atoms with Gasteiger partial charge in [-0.1, -0.05) is 0 Å². The largest absolute Gasteiger partial charge is 0.479 e. The fourth-order valence-electron chi connectivity index (χ4n) is 1.47. The number of nitrogens with zero attached hydrogens (tertiary/aromatic N) is 1. The Hall–Kier alpha value is -2.44. The van der Waals surface area contributed by atoms with Crippen LogP contribution in [0.1, 0.15) is 0 Å². The fraction of sp³-hybridized carbons (Fsp3) is 0.0833. The van der Waals surface area contributed by atoms with Crippen molar-refractivity contribution in [1.29, 1.82) is 0 Å². The number of nitrogens with two attached hydrogens (primary N) is 1. The summed E-state index contributed by atoms with van der Waals surface area (Å²) < 4.78 is 44.4. The quantitative estimate of drug-likeness (QED) is 0.841. The molecule has 3 N–H and O–H groups in total. The lowest BCUT2D eigenvalue weighted by Gasteiger charge is -2.10. The summed E-state index contributed by atoms with van der Waals surface area (Å²) in [5, 5.41) is 2.45. The van der Waals surface area contributed by atoms with Crippen LogP contribution in [0.15, 0.2) is 24.3 Å². The maximum Gasteiger partial charge on any atom is 0.238 e. The first-order chi connectivity index (χ1) is 9.01. The van der Waals surface area contributed by atoms with Gasteiger partial charge in [0.1, 0.15) is 11.6 Å². The van der Waals surface area contributed by atoms with Crippen LogP contribution in [-0.2, 0) is 0 Å². The molecule has 1 aromatic carbocycles. The molecule has 0 bridgehead atoms. The lowest BCUT2D eigenvalue weighted by molar-refractivity contribution is 0.401. The van der Waals surface area contributed by atoms with Crippen molar-refractivity contribution in [2.75, 3.05) is 18.2 Å². The third-order valence-corrected chi connectivity index (χ3v) is 2.34. The molecule has 4 nitrogen and oxygen atoms in total. The number of nitrogen functional groups attached to an aromatic ring is 1. The van der Waals surface area contributed by atoms with Crippen LogP contribution in [0.3, 0.4) is 0 Å². The molecule has 7 heteroatoms. The second-order valence-corrected chi connectivity index (χ2v) is 3.67. The van der Waals surface area contributed by atoms with Crippen LogP contribution < -0.4 is 15.8 Å². The molecule has 0 atom stereocenters.